The first-order valence-electron chi connectivity index (χ1n) is 4.08. The lowest BCUT2D eigenvalue weighted by Gasteiger charge is -2.10. The van der Waals surface area contributed by atoms with Crippen molar-refractivity contribution >= 4 is 29.0 Å². The van der Waals surface area contributed by atoms with E-state index in [9.17, 15) is 9.90 Å². The van der Waals surface area contributed by atoms with Gasteiger partial charge in [-0.2, -0.15) is 0 Å². The lowest BCUT2D eigenvalue weighted by Crippen LogP contribution is -2.04. The molecule has 0 heterocycles. The minimum Gasteiger partial charge on any atom is -0.508 e. The molecule has 0 amide bonds. The highest BCUT2D eigenvalue weighted by molar-refractivity contribution is 6.31. The van der Waals surface area contributed by atoms with Crippen molar-refractivity contribution in [1.29, 1.82) is 0 Å². The summed E-state index contributed by atoms with van der Waals surface area (Å²) >= 11 is 11.6. The van der Waals surface area contributed by atoms with Crippen molar-refractivity contribution in [3.8, 4) is 5.75 Å². The molecule has 0 radical (unpaired) electrons. The van der Waals surface area contributed by atoms with Crippen LogP contribution in [0.25, 0.3) is 0 Å². The lowest BCUT2D eigenvalue weighted by molar-refractivity contribution is -0.116. The Kier molecular flexibility index (Phi) is 3.78. The molecule has 0 aliphatic rings. The summed E-state index contributed by atoms with van der Waals surface area (Å²) in [5.41, 5.74) is 1.34. The van der Waals surface area contributed by atoms with E-state index in [1.54, 1.807) is 6.07 Å². The number of phenolic OH excluding ortho intramolecular Hbond substituents is 1. The number of hydrogen-bond donors (Lipinski definition) is 1. The summed E-state index contributed by atoms with van der Waals surface area (Å²) in [5, 5.41) is 8.51. The minimum absolute atomic E-state index is 0.122. The first-order valence-corrected chi connectivity index (χ1v) is 5.05. The molecule has 0 fully saturated rings. The second kappa shape index (κ2) is 4.67. The molecule has 0 aromatic heterocycles. The van der Waals surface area contributed by atoms with Gasteiger partial charge in [-0.1, -0.05) is 6.07 Å². The number of hydrogen-bond acceptors (Lipinski definition) is 2. The van der Waals surface area contributed by atoms with Crippen LogP contribution in [0.1, 0.15) is 23.4 Å². The average molecular weight is 233 g/mol. The number of rotatable bonds is 3. The maximum atomic E-state index is 11.1. The Morgan fingerprint density at radius 2 is 2.21 bits per heavy atom. The van der Waals surface area contributed by atoms with E-state index in [-0.39, 0.29) is 17.4 Å². The summed E-state index contributed by atoms with van der Waals surface area (Å²) in [7, 11) is 0. The van der Waals surface area contributed by atoms with Gasteiger partial charge in [0.1, 0.15) is 11.1 Å². The van der Waals surface area contributed by atoms with Crippen LogP contribution in [0.4, 0.5) is 0 Å². The molecule has 4 heteroatoms. The molecule has 2 nitrogen and oxygen atoms in total. The van der Waals surface area contributed by atoms with E-state index >= 15 is 0 Å². The fraction of sp³-hybridized carbons (Fsp3) is 0.300. The number of ketones is 1. The Morgan fingerprint density at radius 1 is 1.57 bits per heavy atom. The molecule has 1 unspecified atom stereocenters. The second-order valence-electron chi connectivity index (χ2n) is 2.99. The minimum atomic E-state index is -0.690. The zero-order chi connectivity index (χ0) is 10.7. The highest BCUT2D eigenvalue weighted by Crippen LogP contribution is 2.28. The molecule has 1 rings (SSSR count). The fourth-order valence-corrected chi connectivity index (χ4v) is 1.62. The summed E-state index contributed by atoms with van der Waals surface area (Å²) in [6, 6.07) is 4.62. The third-order valence-electron chi connectivity index (χ3n) is 1.90. The van der Waals surface area contributed by atoms with Gasteiger partial charge in [0.25, 0.3) is 0 Å². The molecule has 1 aromatic carbocycles. The molecule has 0 bridgehead atoms. The van der Waals surface area contributed by atoms with Crippen LogP contribution in [0.15, 0.2) is 18.2 Å². The van der Waals surface area contributed by atoms with Crippen LogP contribution in [-0.2, 0) is 10.7 Å². The van der Waals surface area contributed by atoms with Crippen LogP contribution in [0.3, 0.4) is 0 Å². The van der Waals surface area contributed by atoms with Crippen LogP contribution in [-0.4, -0.2) is 10.9 Å². The summed E-state index contributed by atoms with van der Waals surface area (Å²) in [6.45, 7) is 1.42. The van der Waals surface area contributed by atoms with Gasteiger partial charge >= 0.3 is 0 Å². The van der Waals surface area contributed by atoms with E-state index in [1.807, 2.05) is 0 Å². The third kappa shape index (κ3) is 2.40. The maximum absolute atomic E-state index is 11.1. The van der Waals surface area contributed by atoms with Gasteiger partial charge < -0.3 is 5.11 Å². The van der Waals surface area contributed by atoms with Gasteiger partial charge in [-0.15, -0.1) is 23.2 Å². The lowest BCUT2D eigenvalue weighted by atomic mass is 10.0. The SMILES string of the molecule is CC(=O)C(Cl)c1ccc(O)cc1CCl. The van der Waals surface area contributed by atoms with E-state index in [1.165, 1.54) is 19.1 Å². The van der Waals surface area contributed by atoms with Gasteiger partial charge in [0.05, 0.1) is 0 Å². The molecular weight excluding hydrogens is 223 g/mol. The third-order valence-corrected chi connectivity index (χ3v) is 2.73. The Bertz CT molecular complexity index is 350. The zero-order valence-corrected chi connectivity index (χ0v) is 9.14. The van der Waals surface area contributed by atoms with Gasteiger partial charge in [0.15, 0.2) is 5.78 Å². The molecule has 0 saturated carbocycles. The smallest absolute Gasteiger partial charge is 0.152 e. The van der Waals surface area contributed by atoms with Crippen LogP contribution >= 0.6 is 23.2 Å². The Morgan fingerprint density at radius 3 is 2.71 bits per heavy atom. The number of benzene rings is 1. The molecule has 0 aliphatic carbocycles. The van der Waals surface area contributed by atoms with Gasteiger partial charge in [0.2, 0.25) is 0 Å². The predicted octanol–water partition coefficient (Wildman–Crippen LogP) is 3.00. The number of aromatic hydroxyl groups is 1. The first kappa shape index (κ1) is 11.3. The molecule has 1 N–H and O–H groups in total. The molecule has 0 saturated heterocycles. The topological polar surface area (TPSA) is 37.3 Å². The average Bonchev–Trinajstić information content (AvgIpc) is 2.16. The molecule has 1 aromatic rings. The van der Waals surface area contributed by atoms with Crippen molar-refractivity contribution in [1.82, 2.24) is 0 Å². The highest BCUT2D eigenvalue weighted by Gasteiger charge is 2.16. The van der Waals surface area contributed by atoms with Crippen molar-refractivity contribution in [2.75, 3.05) is 0 Å². The highest BCUT2D eigenvalue weighted by atomic mass is 35.5. The molecule has 76 valence electrons. The second-order valence-corrected chi connectivity index (χ2v) is 3.69. The fourth-order valence-electron chi connectivity index (χ4n) is 1.17. The molecule has 14 heavy (non-hydrogen) atoms. The summed E-state index contributed by atoms with van der Waals surface area (Å²) in [4.78, 5) is 11.1. The quantitative estimate of drug-likeness (QED) is 0.814. The molecule has 1 atom stereocenters. The number of Topliss-reactive ketones (excluding diaryl/α,β-unsaturated/α-hetero) is 1. The van der Waals surface area contributed by atoms with Crippen molar-refractivity contribution < 1.29 is 9.90 Å². The largest absolute Gasteiger partial charge is 0.508 e. The van der Waals surface area contributed by atoms with E-state index in [2.05, 4.69) is 0 Å². The zero-order valence-electron chi connectivity index (χ0n) is 7.63. The number of halogens is 2. The van der Waals surface area contributed by atoms with Crippen LogP contribution in [0.2, 0.25) is 0 Å². The van der Waals surface area contributed by atoms with Crippen molar-refractivity contribution in [3.63, 3.8) is 0 Å². The number of alkyl halides is 2. The van der Waals surface area contributed by atoms with Crippen LogP contribution in [0, 0.1) is 0 Å². The van der Waals surface area contributed by atoms with Crippen LogP contribution in [0.5, 0.6) is 5.75 Å². The Hall–Kier alpha value is -0.730. The number of carbonyl (C=O) groups excluding carboxylic acids is 1. The molecule has 0 aliphatic heterocycles. The maximum Gasteiger partial charge on any atom is 0.152 e. The predicted molar refractivity (Wildman–Crippen MR) is 56.9 cm³/mol. The van der Waals surface area contributed by atoms with Crippen molar-refractivity contribution in [2.45, 2.75) is 18.2 Å². The standard InChI is InChI=1S/C10H10Cl2O2/c1-6(13)10(12)9-3-2-8(14)4-7(9)5-11/h2-4,10,14H,5H2,1H3. The summed E-state index contributed by atoms with van der Waals surface area (Å²) < 4.78 is 0. The molecule has 0 spiro atoms. The van der Waals surface area contributed by atoms with Crippen LogP contribution < -0.4 is 0 Å². The van der Waals surface area contributed by atoms with E-state index in [4.69, 9.17) is 23.2 Å². The van der Waals surface area contributed by atoms with Crippen molar-refractivity contribution in [2.24, 2.45) is 0 Å². The van der Waals surface area contributed by atoms with Gasteiger partial charge in [0, 0.05) is 5.88 Å². The normalized spacial score (nSPS) is 12.5. The van der Waals surface area contributed by atoms with E-state index < -0.39 is 5.38 Å². The molecular formula is C10H10Cl2O2. The van der Waals surface area contributed by atoms with E-state index in [0.717, 1.165) is 0 Å². The Labute approximate surface area is 92.5 Å². The summed E-state index contributed by atoms with van der Waals surface area (Å²) in [5.74, 6) is 0.209. The van der Waals surface area contributed by atoms with Gasteiger partial charge in [-0.25, -0.2) is 0 Å². The summed E-state index contributed by atoms with van der Waals surface area (Å²) in [6.07, 6.45) is 0. The monoisotopic (exact) mass is 232 g/mol. The number of carbonyl (C=O) groups is 1. The van der Waals surface area contributed by atoms with E-state index in [0.29, 0.717) is 11.1 Å². The van der Waals surface area contributed by atoms with Gasteiger partial charge in [-0.3, -0.25) is 4.79 Å². The Balaban J connectivity index is 3.13. The number of phenols is 1. The van der Waals surface area contributed by atoms with Gasteiger partial charge in [-0.05, 0) is 30.2 Å². The first-order chi connectivity index (χ1) is 6.56. The van der Waals surface area contributed by atoms with Crippen molar-refractivity contribution in [3.05, 3.63) is 29.3 Å².